The Hall–Kier alpha value is -2.33. The van der Waals surface area contributed by atoms with Crippen molar-refractivity contribution in [2.24, 2.45) is 0 Å². The van der Waals surface area contributed by atoms with E-state index in [4.69, 9.17) is 0 Å². The van der Waals surface area contributed by atoms with Crippen molar-refractivity contribution in [1.82, 2.24) is 15.1 Å². The molecule has 1 fully saturated rings. The van der Waals surface area contributed by atoms with Crippen LogP contribution in [0.1, 0.15) is 18.4 Å². The second kappa shape index (κ2) is 6.42. The molecule has 0 amide bonds. The minimum absolute atomic E-state index is 0.511. The molecule has 2 N–H and O–H groups in total. The van der Waals surface area contributed by atoms with Gasteiger partial charge in [-0.2, -0.15) is 5.10 Å². The second-order valence-electron chi connectivity index (χ2n) is 6.38. The van der Waals surface area contributed by atoms with Crippen molar-refractivity contribution in [3.63, 3.8) is 0 Å². The van der Waals surface area contributed by atoms with Crippen LogP contribution in [-0.2, 0) is 6.54 Å². The van der Waals surface area contributed by atoms with Crippen molar-refractivity contribution in [3.8, 4) is 0 Å². The van der Waals surface area contributed by atoms with Crippen molar-refractivity contribution in [1.29, 1.82) is 0 Å². The molecule has 4 rings (SSSR count). The summed E-state index contributed by atoms with van der Waals surface area (Å²) in [6, 6.07) is 17.7. The van der Waals surface area contributed by atoms with Gasteiger partial charge in [-0.3, -0.25) is 10.00 Å². The van der Waals surface area contributed by atoms with Crippen molar-refractivity contribution in [3.05, 3.63) is 60.3 Å². The Morgan fingerprint density at radius 2 is 2.09 bits per heavy atom. The van der Waals surface area contributed by atoms with Gasteiger partial charge >= 0.3 is 0 Å². The highest BCUT2D eigenvalue weighted by atomic mass is 15.2. The van der Waals surface area contributed by atoms with E-state index in [-0.39, 0.29) is 0 Å². The molecule has 1 saturated heterocycles. The van der Waals surface area contributed by atoms with Crippen LogP contribution in [0, 0.1) is 0 Å². The van der Waals surface area contributed by atoms with Gasteiger partial charge in [0.15, 0.2) is 0 Å². The molecular formula is C19H22N4. The molecule has 0 unspecified atom stereocenters. The lowest BCUT2D eigenvalue weighted by molar-refractivity contribution is 0.208. The first-order valence-electron chi connectivity index (χ1n) is 8.33. The van der Waals surface area contributed by atoms with Gasteiger partial charge in [-0.05, 0) is 43.1 Å². The molecule has 3 aromatic rings. The number of fused-ring (bicyclic) bond motifs is 1. The molecule has 4 heteroatoms. The number of piperidine rings is 1. The standard InChI is InChI=1S/C19H22N4/c1-2-5-15(6-3-1)13-23-10-4-7-18(14-23)21-17-8-9-19-16(11-17)12-20-22-19/h1-3,5-6,8-9,11-12,18,21H,4,7,10,13-14H2,(H,20,22)/t18-/m1/s1. The summed E-state index contributed by atoms with van der Waals surface area (Å²) in [6.45, 7) is 3.33. The van der Waals surface area contributed by atoms with Gasteiger partial charge in [-0.25, -0.2) is 0 Å². The van der Waals surface area contributed by atoms with Crippen LogP contribution in [0.2, 0.25) is 0 Å². The number of benzene rings is 2. The number of likely N-dealkylation sites (tertiary alicyclic amines) is 1. The molecule has 0 radical (unpaired) electrons. The summed E-state index contributed by atoms with van der Waals surface area (Å²) >= 11 is 0. The Morgan fingerprint density at radius 3 is 3.00 bits per heavy atom. The van der Waals surface area contributed by atoms with Gasteiger partial charge in [0.1, 0.15) is 0 Å². The van der Waals surface area contributed by atoms with Crippen molar-refractivity contribution in [2.45, 2.75) is 25.4 Å². The maximum absolute atomic E-state index is 4.09. The van der Waals surface area contributed by atoms with Crippen molar-refractivity contribution in [2.75, 3.05) is 18.4 Å². The number of nitrogens with zero attached hydrogens (tertiary/aromatic N) is 2. The van der Waals surface area contributed by atoms with Gasteiger partial charge in [0.25, 0.3) is 0 Å². The molecule has 0 bridgehead atoms. The minimum Gasteiger partial charge on any atom is -0.381 e. The van der Waals surface area contributed by atoms with E-state index < -0.39 is 0 Å². The Kier molecular flexibility index (Phi) is 3.99. The molecule has 0 spiro atoms. The van der Waals surface area contributed by atoms with E-state index in [9.17, 15) is 0 Å². The molecular weight excluding hydrogens is 284 g/mol. The lowest BCUT2D eigenvalue weighted by Gasteiger charge is -2.33. The zero-order chi connectivity index (χ0) is 15.5. The monoisotopic (exact) mass is 306 g/mol. The Morgan fingerprint density at radius 1 is 1.17 bits per heavy atom. The SMILES string of the molecule is c1ccc(CN2CCC[C@@H](Nc3ccc4[nH]ncc4c3)C2)cc1. The number of anilines is 1. The molecule has 118 valence electrons. The van der Waals surface area contributed by atoms with E-state index >= 15 is 0 Å². The number of H-pyrrole nitrogens is 1. The van der Waals surface area contributed by atoms with Crippen LogP contribution in [0.3, 0.4) is 0 Å². The van der Waals surface area contributed by atoms with E-state index in [0.29, 0.717) is 6.04 Å². The summed E-state index contributed by atoms with van der Waals surface area (Å²) < 4.78 is 0. The minimum atomic E-state index is 0.511. The molecule has 0 saturated carbocycles. The summed E-state index contributed by atoms with van der Waals surface area (Å²) in [4.78, 5) is 2.55. The van der Waals surface area contributed by atoms with Crippen LogP contribution < -0.4 is 5.32 Å². The van der Waals surface area contributed by atoms with Crippen LogP contribution >= 0.6 is 0 Å². The Labute approximate surface area is 136 Å². The number of hydrogen-bond donors (Lipinski definition) is 2. The fourth-order valence-corrected chi connectivity index (χ4v) is 3.43. The molecule has 1 aliphatic rings. The van der Waals surface area contributed by atoms with E-state index in [0.717, 1.165) is 24.0 Å². The first-order chi connectivity index (χ1) is 11.4. The fraction of sp³-hybridized carbons (Fsp3) is 0.316. The third-order valence-corrected chi connectivity index (χ3v) is 4.57. The topological polar surface area (TPSA) is 44.0 Å². The molecule has 0 aliphatic carbocycles. The molecule has 2 aromatic carbocycles. The predicted octanol–water partition coefficient (Wildman–Crippen LogP) is 3.64. The molecule has 4 nitrogen and oxygen atoms in total. The third-order valence-electron chi connectivity index (χ3n) is 4.57. The highest BCUT2D eigenvalue weighted by Crippen LogP contribution is 2.21. The quantitative estimate of drug-likeness (QED) is 0.773. The van der Waals surface area contributed by atoms with Crippen LogP contribution in [0.5, 0.6) is 0 Å². The maximum Gasteiger partial charge on any atom is 0.0651 e. The smallest absolute Gasteiger partial charge is 0.0651 e. The average molecular weight is 306 g/mol. The first-order valence-corrected chi connectivity index (χ1v) is 8.33. The summed E-state index contributed by atoms with van der Waals surface area (Å²) in [6.07, 6.45) is 4.36. The van der Waals surface area contributed by atoms with Crippen molar-refractivity contribution >= 4 is 16.6 Å². The normalized spacial score (nSPS) is 19.0. The summed E-state index contributed by atoms with van der Waals surface area (Å²) in [5.74, 6) is 0. The van der Waals surface area contributed by atoms with E-state index in [1.807, 2.05) is 6.20 Å². The third kappa shape index (κ3) is 3.37. The van der Waals surface area contributed by atoms with Crippen molar-refractivity contribution < 1.29 is 0 Å². The van der Waals surface area contributed by atoms with E-state index in [1.54, 1.807) is 0 Å². The Bertz CT molecular complexity index is 765. The number of hydrogen-bond acceptors (Lipinski definition) is 3. The average Bonchev–Trinajstić information content (AvgIpc) is 3.04. The Balaban J connectivity index is 1.40. The number of aromatic nitrogens is 2. The fourth-order valence-electron chi connectivity index (χ4n) is 3.43. The van der Waals surface area contributed by atoms with E-state index in [1.165, 1.54) is 30.6 Å². The number of rotatable bonds is 4. The van der Waals surface area contributed by atoms with Gasteiger partial charge < -0.3 is 5.32 Å². The zero-order valence-electron chi connectivity index (χ0n) is 13.2. The lowest BCUT2D eigenvalue weighted by atomic mass is 10.0. The largest absolute Gasteiger partial charge is 0.381 e. The van der Waals surface area contributed by atoms with Gasteiger partial charge in [0.2, 0.25) is 0 Å². The van der Waals surface area contributed by atoms with Gasteiger partial charge in [0, 0.05) is 30.2 Å². The van der Waals surface area contributed by atoms with Crippen LogP contribution in [0.4, 0.5) is 5.69 Å². The molecule has 23 heavy (non-hydrogen) atoms. The zero-order valence-corrected chi connectivity index (χ0v) is 13.2. The number of nitrogens with one attached hydrogen (secondary N) is 2. The second-order valence-corrected chi connectivity index (χ2v) is 6.38. The van der Waals surface area contributed by atoms with Crippen LogP contribution in [-0.4, -0.2) is 34.2 Å². The highest BCUT2D eigenvalue weighted by molar-refractivity contribution is 5.81. The molecule has 1 aliphatic heterocycles. The molecule has 1 atom stereocenters. The van der Waals surface area contributed by atoms with Gasteiger partial charge in [-0.1, -0.05) is 30.3 Å². The maximum atomic E-state index is 4.09. The number of aromatic amines is 1. The first kappa shape index (κ1) is 14.3. The molecule has 1 aromatic heterocycles. The lowest BCUT2D eigenvalue weighted by Crippen LogP contribution is -2.41. The van der Waals surface area contributed by atoms with Gasteiger partial charge in [-0.15, -0.1) is 0 Å². The van der Waals surface area contributed by atoms with Gasteiger partial charge in [0.05, 0.1) is 11.7 Å². The summed E-state index contributed by atoms with van der Waals surface area (Å²) in [5.41, 5.74) is 3.67. The predicted molar refractivity (Wildman–Crippen MR) is 94.5 cm³/mol. The molecule has 2 heterocycles. The summed E-state index contributed by atoms with van der Waals surface area (Å²) in [7, 11) is 0. The summed E-state index contributed by atoms with van der Waals surface area (Å²) in [5, 5.41) is 11.9. The van der Waals surface area contributed by atoms with Crippen LogP contribution in [0.25, 0.3) is 10.9 Å². The van der Waals surface area contributed by atoms with Crippen LogP contribution in [0.15, 0.2) is 54.7 Å². The highest BCUT2D eigenvalue weighted by Gasteiger charge is 2.19. The van der Waals surface area contributed by atoms with E-state index in [2.05, 4.69) is 68.9 Å².